The lowest BCUT2D eigenvalue weighted by Gasteiger charge is -2.11. The van der Waals surface area contributed by atoms with Crippen LogP contribution in [0, 0.1) is 16.6 Å². The molecule has 0 aliphatic carbocycles. The number of benzene rings is 3. The van der Waals surface area contributed by atoms with Gasteiger partial charge in [-0.2, -0.15) is 0 Å². The summed E-state index contributed by atoms with van der Waals surface area (Å²) in [5.41, 5.74) is 1.57. The lowest BCUT2D eigenvalue weighted by molar-refractivity contribution is 0.102. The van der Waals surface area contributed by atoms with Crippen LogP contribution in [0.4, 0.5) is 10.1 Å². The number of anilines is 1. The average molecular weight is 442 g/mol. The Balaban J connectivity index is 1.60. The van der Waals surface area contributed by atoms with Crippen LogP contribution < -0.4 is 5.32 Å². The van der Waals surface area contributed by atoms with Crippen LogP contribution in [0.2, 0.25) is 5.02 Å². The van der Waals surface area contributed by atoms with E-state index >= 15 is 0 Å². The van der Waals surface area contributed by atoms with Crippen molar-refractivity contribution in [1.29, 1.82) is 10.8 Å². The predicted octanol–water partition coefficient (Wildman–Crippen LogP) is 5.94. The third-order valence-electron chi connectivity index (χ3n) is 4.00. The van der Waals surface area contributed by atoms with Crippen LogP contribution in [-0.4, -0.2) is 17.0 Å². The van der Waals surface area contributed by atoms with E-state index in [0.29, 0.717) is 11.4 Å². The van der Waals surface area contributed by atoms with Crippen molar-refractivity contribution in [2.75, 3.05) is 5.32 Å². The van der Waals surface area contributed by atoms with Crippen molar-refractivity contribution in [2.45, 2.75) is 5.75 Å². The summed E-state index contributed by atoms with van der Waals surface area (Å²) in [5.74, 6) is -0.971. The van der Waals surface area contributed by atoms with Crippen LogP contribution in [0.3, 0.4) is 0 Å². The average Bonchev–Trinajstić information content (AvgIpc) is 2.73. The number of amides is 1. The van der Waals surface area contributed by atoms with Gasteiger partial charge in [-0.05, 0) is 35.9 Å². The molecule has 0 heterocycles. The maximum atomic E-state index is 13.7. The van der Waals surface area contributed by atoms with Crippen LogP contribution in [0.15, 0.2) is 72.8 Å². The molecule has 3 aromatic rings. The van der Waals surface area contributed by atoms with Gasteiger partial charge in [0.2, 0.25) is 11.1 Å². The molecule has 0 unspecified atom stereocenters. The van der Waals surface area contributed by atoms with Crippen molar-refractivity contribution in [1.82, 2.24) is 0 Å². The molecule has 0 bridgehead atoms. The highest BCUT2D eigenvalue weighted by Gasteiger charge is 2.15. The first-order chi connectivity index (χ1) is 14.4. The van der Waals surface area contributed by atoms with Crippen LogP contribution >= 0.6 is 23.4 Å². The van der Waals surface area contributed by atoms with Crippen LogP contribution in [0.1, 0.15) is 21.5 Å². The minimum absolute atomic E-state index is 0.0855. The largest absolute Gasteiger partial charge is 0.415 e. The molecular weight excluding hydrogens is 425 g/mol. The van der Waals surface area contributed by atoms with Crippen molar-refractivity contribution in [3.05, 3.63) is 100 Å². The molecule has 0 spiro atoms. The van der Waals surface area contributed by atoms with E-state index in [4.69, 9.17) is 27.2 Å². The van der Waals surface area contributed by atoms with E-state index in [1.54, 1.807) is 6.07 Å². The Morgan fingerprint density at radius 2 is 1.70 bits per heavy atom. The summed E-state index contributed by atoms with van der Waals surface area (Å²) in [5, 5.41) is 18.6. The van der Waals surface area contributed by atoms with Crippen molar-refractivity contribution in [2.24, 2.45) is 0 Å². The van der Waals surface area contributed by atoms with Gasteiger partial charge in [0.1, 0.15) is 5.82 Å². The molecule has 0 aromatic heterocycles. The summed E-state index contributed by atoms with van der Waals surface area (Å²) < 4.78 is 19.0. The van der Waals surface area contributed by atoms with Crippen LogP contribution in [0.5, 0.6) is 0 Å². The van der Waals surface area contributed by atoms with Gasteiger partial charge in [0.05, 0.1) is 16.1 Å². The Morgan fingerprint density at radius 1 is 1.00 bits per heavy atom. The highest BCUT2D eigenvalue weighted by molar-refractivity contribution is 8.12. The lowest BCUT2D eigenvalue weighted by atomic mass is 10.1. The Hall–Kier alpha value is -3.16. The molecule has 0 aliphatic rings. The van der Waals surface area contributed by atoms with Crippen molar-refractivity contribution >= 4 is 46.1 Å². The summed E-state index contributed by atoms with van der Waals surface area (Å²) in [6, 6.07) is 19.7. The maximum Gasteiger partial charge on any atom is 0.258 e. The second-order valence-corrected chi connectivity index (χ2v) is 7.48. The highest BCUT2D eigenvalue weighted by atomic mass is 35.5. The smallest absolute Gasteiger partial charge is 0.258 e. The van der Waals surface area contributed by atoms with Gasteiger partial charge in [0.25, 0.3) is 5.91 Å². The zero-order valence-corrected chi connectivity index (χ0v) is 17.2. The van der Waals surface area contributed by atoms with E-state index in [1.165, 1.54) is 36.4 Å². The van der Waals surface area contributed by atoms with E-state index in [0.717, 1.165) is 17.3 Å². The van der Waals surface area contributed by atoms with E-state index < -0.39 is 11.7 Å². The summed E-state index contributed by atoms with van der Waals surface area (Å²) in [7, 11) is 0. The molecule has 0 radical (unpaired) electrons. The van der Waals surface area contributed by atoms with Gasteiger partial charge in [-0.1, -0.05) is 65.8 Å². The second-order valence-electron chi connectivity index (χ2n) is 6.12. The molecule has 0 saturated heterocycles. The number of ether oxygens (including phenoxy) is 1. The molecule has 0 atom stereocenters. The van der Waals surface area contributed by atoms with Crippen molar-refractivity contribution in [3.63, 3.8) is 0 Å². The SMILES string of the molecule is N=C(OC(=N)c1ccc(NC(=O)c2ccccc2F)cc1Cl)SCc1ccccc1. The molecule has 3 N–H and O–H groups in total. The summed E-state index contributed by atoms with van der Waals surface area (Å²) in [4.78, 5) is 12.2. The van der Waals surface area contributed by atoms with Crippen LogP contribution in [0.25, 0.3) is 0 Å². The Morgan fingerprint density at radius 3 is 2.40 bits per heavy atom. The zero-order chi connectivity index (χ0) is 21.5. The first-order valence-electron chi connectivity index (χ1n) is 8.81. The summed E-state index contributed by atoms with van der Waals surface area (Å²) >= 11 is 7.37. The number of halogens is 2. The number of hydrogen-bond acceptors (Lipinski definition) is 5. The van der Waals surface area contributed by atoms with Gasteiger partial charge in [0.15, 0.2) is 0 Å². The molecular formula is C22H17ClFN3O2S. The Kier molecular flexibility index (Phi) is 7.21. The highest BCUT2D eigenvalue weighted by Crippen LogP contribution is 2.24. The number of carbonyl (C=O) groups excluding carboxylic acids is 1. The predicted molar refractivity (Wildman–Crippen MR) is 119 cm³/mol. The quantitative estimate of drug-likeness (QED) is 0.338. The van der Waals surface area contributed by atoms with Gasteiger partial charge in [-0.3, -0.25) is 15.6 Å². The molecule has 3 rings (SSSR count). The molecule has 152 valence electrons. The molecule has 30 heavy (non-hydrogen) atoms. The lowest BCUT2D eigenvalue weighted by Crippen LogP contribution is -2.14. The van der Waals surface area contributed by atoms with E-state index in [9.17, 15) is 9.18 Å². The van der Waals surface area contributed by atoms with Gasteiger partial charge < -0.3 is 10.1 Å². The monoisotopic (exact) mass is 441 g/mol. The van der Waals surface area contributed by atoms with E-state index in [1.807, 2.05) is 30.3 Å². The summed E-state index contributed by atoms with van der Waals surface area (Å²) in [6.07, 6.45) is 0. The van der Waals surface area contributed by atoms with Gasteiger partial charge in [-0.25, -0.2) is 4.39 Å². The molecule has 0 fully saturated rings. The minimum atomic E-state index is -0.626. The Bertz CT molecular complexity index is 1090. The number of thioether (sulfide) groups is 1. The number of hydrogen-bond donors (Lipinski definition) is 3. The second kappa shape index (κ2) is 10.0. The fraction of sp³-hybridized carbons (Fsp3) is 0.0455. The molecule has 8 heteroatoms. The maximum absolute atomic E-state index is 13.7. The molecule has 1 amide bonds. The normalized spacial score (nSPS) is 10.3. The molecule has 3 aromatic carbocycles. The zero-order valence-electron chi connectivity index (χ0n) is 15.6. The third kappa shape index (κ3) is 5.68. The standard InChI is InChI=1S/C22H17ClFN3O2S/c23-18-12-15(27-21(28)17-8-4-5-9-19(17)24)10-11-16(18)20(25)29-22(26)30-13-14-6-2-1-3-7-14/h1-12,25-26H,13H2,(H,27,28). The topological polar surface area (TPSA) is 86.0 Å². The fourth-order valence-electron chi connectivity index (χ4n) is 2.52. The van der Waals surface area contributed by atoms with Gasteiger partial charge in [0, 0.05) is 11.4 Å². The first kappa shape index (κ1) is 21.5. The molecule has 5 nitrogen and oxygen atoms in total. The Labute approximate surface area is 182 Å². The number of nitrogens with one attached hydrogen (secondary N) is 3. The number of carbonyl (C=O) groups is 1. The summed E-state index contributed by atoms with van der Waals surface area (Å²) in [6.45, 7) is 0. The van der Waals surface area contributed by atoms with Crippen LogP contribution in [-0.2, 0) is 10.5 Å². The van der Waals surface area contributed by atoms with E-state index in [2.05, 4.69) is 5.32 Å². The van der Waals surface area contributed by atoms with E-state index in [-0.39, 0.29) is 27.3 Å². The number of rotatable bonds is 5. The first-order valence-corrected chi connectivity index (χ1v) is 10.2. The minimum Gasteiger partial charge on any atom is -0.415 e. The van der Waals surface area contributed by atoms with Gasteiger partial charge in [-0.15, -0.1) is 0 Å². The third-order valence-corrected chi connectivity index (χ3v) is 5.13. The molecule has 0 saturated carbocycles. The fourth-order valence-corrected chi connectivity index (χ4v) is 3.42. The molecule has 0 aliphatic heterocycles. The van der Waals surface area contributed by atoms with Crippen molar-refractivity contribution < 1.29 is 13.9 Å². The van der Waals surface area contributed by atoms with Crippen molar-refractivity contribution in [3.8, 4) is 0 Å². The van der Waals surface area contributed by atoms with Gasteiger partial charge >= 0.3 is 0 Å².